The maximum absolute atomic E-state index is 5.58. The van der Waals surface area contributed by atoms with Gasteiger partial charge in [0.05, 0.1) is 0 Å². The summed E-state index contributed by atoms with van der Waals surface area (Å²) in [6.07, 6.45) is 4.49. The highest BCUT2D eigenvalue weighted by molar-refractivity contribution is 9.10. The van der Waals surface area contributed by atoms with Crippen LogP contribution in [0.1, 0.15) is 37.2 Å². The highest BCUT2D eigenvalue weighted by atomic mass is 79.9. The van der Waals surface area contributed by atoms with Crippen LogP contribution in [0.25, 0.3) is 0 Å². The molecule has 0 aliphatic heterocycles. The molecule has 1 aromatic rings. The number of halogens is 1. The van der Waals surface area contributed by atoms with Crippen molar-refractivity contribution in [1.82, 2.24) is 0 Å². The van der Waals surface area contributed by atoms with Crippen LogP contribution in [0.2, 0.25) is 0 Å². The Balaban J connectivity index is 2.66. The summed E-state index contributed by atoms with van der Waals surface area (Å²) >= 11 is 3.52. The highest BCUT2D eigenvalue weighted by Gasteiger charge is 2.10. The first-order valence-electron chi connectivity index (χ1n) is 5.93. The van der Waals surface area contributed by atoms with Gasteiger partial charge in [-0.05, 0) is 62.4 Å². The lowest BCUT2D eigenvalue weighted by Gasteiger charge is -2.17. The minimum atomic E-state index is 0.601. The van der Waals surface area contributed by atoms with E-state index in [0.29, 0.717) is 5.92 Å². The first-order chi connectivity index (χ1) is 7.77. The van der Waals surface area contributed by atoms with Gasteiger partial charge in [0, 0.05) is 4.47 Å². The largest absolute Gasteiger partial charge is 0.330 e. The number of nitrogens with two attached hydrogens (primary N) is 2. The molecule has 90 valence electrons. The summed E-state index contributed by atoms with van der Waals surface area (Å²) in [6, 6.07) is 8.56. The van der Waals surface area contributed by atoms with E-state index in [9.17, 15) is 0 Å². The van der Waals surface area contributed by atoms with Crippen LogP contribution in [0.5, 0.6) is 0 Å². The number of hydrogen-bond acceptors (Lipinski definition) is 2. The van der Waals surface area contributed by atoms with Crippen LogP contribution < -0.4 is 11.5 Å². The zero-order valence-corrected chi connectivity index (χ0v) is 11.2. The molecule has 0 saturated carbocycles. The zero-order valence-electron chi connectivity index (χ0n) is 9.66. The fraction of sp³-hybridized carbons (Fsp3) is 0.538. The van der Waals surface area contributed by atoms with Crippen LogP contribution in [0.3, 0.4) is 0 Å². The SMILES string of the molecule is NCCCC(CCCN)c1cccc(Br)c1. The molecule has 0 aliphatic carbocycles. The summed E-state index contributed by atoms with van der Waals surface area (Å²) in [4.78, 5) is 0. The van der Waals surface area contributed by atoms with Crippen LogP contribution in [0, 0.1) is 0 Å². The Morgan fingerprint density at radius 2 is 1.69 bits per heavy atom. The Bertz CT molecular complexity index is 294. The molecular weight excluding hydrogens is 264 g/mol. The number of rotatable bonds is 7. The Hall–Kier alpha value is -0.380. The lowest BCUT2D eigenvalue weighted by molar-refractivity contribution is 0.540. The average molecular weight is 285 g/mol. The smallest absolute Gasteiger partial charge is 0.0178 e. The summed E-state index contributed by atoms with van der Waals surface area (Å²) in [5, 5.41) is 0. The topological polar surface area (TPSA) is 52.0 Å². The molecule has 1 rings (SSSR count). The van der Waals surface area contributed by atoms with Crippen molar-refractivity contribution in [3.8, 4) is 0 Å². The lowest BCUT2D eigenvalue weighted by atomic mass is 9.90. The molecule has 1 aromatic carbocycles. The van der Waals surface area contributed by atoms with Gasteiger partial charge in [0.1, 0.15) is 0 Å². The summed E-state index contributed by atoms with van der Waals surface area (Å²) in [5.74, 6) is 0.601. The normalized spacial score (nSPS) is 11.0. The third kappa shape index (κ3) is 4.64. The number of benzene rings is 1. The van der Waals surface area contributed by atoms with Crippen molar-refractivity contribution in [3.63, 3.8) is 0 Å². The fourth-order valence-electron chi connectivity index (χ4n) is 1.97. The van der Waals surface area contributed by atoms with Crippen molar-refractivity contribution < 1.29 is 0 Å². The van der Waals surface area contributed by atoms with Gasteiger partial charge in [-0.1, -0.05) is 28.1 Å². The van der Waals surface area contributed by atoms with Crippen molar-refractivity contribution in [1.29, 1.82) is 0 Å². The minimum Gasteiger partial charge on any atom is -0.330 e. The molecule has 0 radical (unpaired) electrons. The van der Waals surface area contributed by atoms with Gasteiger partial charge in [-0.3, -0.25) is 0 Å². The lowest BCUT2D eigenvalue weighted by Crippen LogP contribution is -2.07. The Labute approximate surface area is 107 Å². The first kappa shape index (κ1) is 13.7. The van der Waals surface area contributed by atoms with Crippen molar-refractivity contribution >= 4 is 15.9 Å². The predicted molar refractivity (Wildman–Crippen MR) is 73.5 cm³/mol. The van der Waals surface area contributed by atoms with Gasteiger partial charge in [0.25, 0.3) is 0 Å². The molecule has 3 heteroatoms. The van der Waals surface area contributed by atoms with Crippen LogP contribution in [-0.4, -0.2) is 13.1 Å². The molecule has 0 aliphatic rings. The molecule has 0 saturated heterocycles. The van der Waals surface area contributed by atoms with Gasteiger partial charge in [0.2, 0.25) is 0 Å². The van der Waals surface area contributed by atoms with Crippen LogP contribution in [0.4, 0.5) is 0 Å². The van der Waals surface area contributed by atoms with E-state index in [0.717, 1.165) is 43.2 Å². The first-order valence-corrected chi connectivity index (χ1v) is 6.73. The second-order valence-corrected chi connectivity index (χ2v) is 5.03. The summed E-state index contributed by atoms with van der Waals surface area (Å²) in [6.45, 7) is 1.54. The molecule has 0 unspecified atom stereocenters. The molecular formula is C13H21BrN2. The molecule has 0 spiro atoms. The predicted octanol–water partition coefficient (Wildman–Crippen LogP) is 3.01. The second-order valence-electron chi connectivity index (χ2n) is 4.11. The second kappa shape index (κ2) is 7.82. The third-order valence-corrected chi connectivity index (χ3v) is 3.33. The quantitative estimate of drug-likeness (QED) is 0.809. The molecule has 0 bridgehead atoms. The van der Waals surface area contributed by atoms with E-state index in [-0.39, 0.29) is 0 Å². The van der Waals surface area contributed by atoms with E-state index in [4.69, 9.17) is 11.5 Å². The van der Waals surface area contributed by atoms with Gasteiger partial charge in [-0.25, -0.2) is 0 Å². The number of hydrogen-bond donors (Lipinski definition) is 2. The van der Waals surface area contributed by atoms with Crippen LogP contribution >= 0.6 is 15.9 Å². The monoisotopic (exact) mass is 284 g/mol. The molecule has 4 N–H and O–H groups in total. The minimum absolute atomic E-state index is 0.601. The zero-order chi connectivity index (χ0) is 11.8. The van der Waals surface area contributed by atoms with Gasteiger partial charge in [-0.15, -0.1) is 0 Å². The van der Waals surface area contributed by atoms with E-state index >= 15 is 0 Å². The van der Waals surface area contributed by atoms with Crippen molar-refractivity contribution in [2.75, 3.05) is 13.1 Å². The maximum Gasteiger partial charge on any atom is 0.0178 e. The molecule has 0 fully saturated rings. The van der Waals surface area contributed by atoms with E-state index in [1.807, 2.05) is 0 Å². The molecule has 0 atom stereocenters. The summed E-state index contributed by atoms with van der Waals surface area (Å²) in [5.41, 5.74) is 12.6. The summed E-state index contributed by atoms with van der Waals surface area (Å²) < 4.78 is 1.15. The van der Waals surface area contributed by atoms with Crippen molar-refractivity contribution in [3.05, 3.63) is 34.3 Å². The third-order valence-electron chi connectivity index (χ3n) is 2.83. The van der Waals surface area contributed by atoms with Gasteiger partial charge in [-0.2, -0.15) is 0 Å². The molecule has 0 amide bonds. The maximum atomic E-state index is 5.58. The highest BCUT2D eigenvalue weighted by Crippen LogP contribution is 2.27. The van der Waals surface area contributed by atoms with Crippen molar-refractivity contribution in [2.45, 2.75) is 31.6 Å². The van der Waals surface area contributed by atoms with Gasteiger partial charge in [0.15, 0.2) is 0 Å². The van der Waals surface area contributed by atoms with Crippen molar-refractivity contribution in [2.24, 2.45) is 11.5 Å². The van der Waals surface area contributed by atoms with Gasteiger partial charge < -0.3 is 11.5 Å². The fourth-order valence-corrected chi connectivity index (χ4v) is 2.38. The van der Waals surface area contributed by atoms with E-state index in [1.54, 1.807) is 0 Å². The van der Waals surface area contributed by atoms with E-state index in [2.05, 4.69) is 40.2 Å². The molecule has 0 aromatic heterocycles. The Morgan fingerprint density at radius 1 is 1.06 bits per heavy atom. The standard InChI is InChI=1S/C13H21BrN2/c14-13-7-1-4-12(10-13)11(5-2-8-15)6-3-9-16/h1,4,7,10-11H,2-3,5-6,8-9,15-16H2. The molecule has 2 nitrogen and oxygen atoms in total. The molecule has 0 heterocycles. The van der Waals surface area contributed by atoms with E-state index in [1.165, 1.54) is 5.56 Å². The van der Waals surface area contributed by atoms with Crippen LogP contribution in [-0.2, 0) is 0 Å². The van der Waals surface area contributed by atoms with E-state index < -0.39 is 0 Å². The average Bonchev–Trinajstić information content (AvgIpc) is 2.29. The summed E-state index contributed by atoms with van der Waals surface area (Å²) in [7, 11) is 0. The molecule has 16 heavy (non-hydrogen) atoms. The Kier molecular flexibility index (Phi) is 6.69. The van der Waals surface area contributed by atoms with Crippen LogP contribution in [0.15, 0.2) is 28.7 Å². The Morgan fingerprint density at radius 3 is 2.19 bits per heavy atom. The van der Waals surface area contributed by atoms with Gasteiger partial charge >= 0.3 is 0 Å².